The molecule has 2 aromatic heterocycles. The van der Waals surface area contributed by atoms with Crippen LogP contribution in [0, 0.1) is 10.1 Å². The first-order valence-electron chi connectivity index (χ1n) is 7.71. The van der Waals surface area contributed by atoms with E-state index >= 15 is 0 Å². The molecule has 0 atom stereocenters. The lowest BCUT2D eigenvalue weighted by Gasteiger charge is -2.05. The standard InChI is InChI=1S/C17H11N5O5/c23-17(15-7-8-18-27-15)19-11-3-1-10(2-4-11)16-20-13-6-5-12(22(25)26)9-14(13)21(16)24/h1-9,24H,(H,19,23). The maximum atomic E-state index is 11.9. The predicted molar refractivity (Wildman–Crippen MR) is 93.5 cm³/mol. The van der Waals surface area contributed by atoms with Crippen LogP contribution in [0.25, 0.3) is 22.4 Å². The van der Waals surface area contributed by atoms with Gasteiger partial charge in [-0.15, -0.1) is 0 Å². The van der Waals surface area contributed by atoms with Crippen molar-refractivity contribution in [2.45, 2.75) is 0 Å². The quantitative estimate of drug-likeness (QED) is 0.322. The molecule has 4 aromatic rings. The van der Waals surface area contributed by atoms with Gasteiger partial charge in [-0.3, -0.25) is 14.9 Å². The van der Waals surface area contributed by atoms with Crippen molar-refractivity contribution in [2.24, 2.45) is 0 Å². The van der Waals surface area contributed by atoms with Crippen LogP contribution in [0.3, 0.4) is 0 Å². The zero-order chi connectivity index (χ0) is 19.0. The van der Waals surface area contributed by atoms with Crippen molar-refractivity contribution in [3.63, 3.8) is 0 Å². The van der Waals surface area contributed by atoms with Crippen molar-refractivity contribution >= 4 is 28.3 Å². The minimum atomic E-state index is -0.544. The van der Waals surface area contributed by atoms with Crippen LogP contribution < -0.4 is 5.32 Å². The summed E-state index contributed by atoms with van der Waals surface area (Å²) in [6, 6.07) is 12.0. The third-order valence-electron chi connectivity index (χ3n) is 3.89. The summed E-state index contributed by atoms with van der Waals surface area (Å²) >= 11 is 0. The van der Waals surface area contributed by atoms with E-state index in [0.29, 0.717) is 16.8 Å². The second-order valence-electron chi connectivity index (χ2n) is 5.59. The summed E-state index contributed by atoms with van der Waals surface area (Å²) in [6.45, 7) is 0. The van der Waals surface area contributed by atoms with Crippen LogP contribution >= 0.6 is 0 Å². The SMILES string of the molecule is O=C(Nc1ccc(-c2nc3ccc([N+](=O)[O-])cc3n2O)cc1)c1ccno1. The minimum absolute atomic E-state index is 0.0813. The van der Waals surface area contributed by atoms with Crippen molar-refractivity contribution in [2.75, 3.05) is 5.32 Å². The normalized spacial score (nSPS) is 10.8. The van der Waals surface area contributed by atoms with E-state index in [0.717, 1.165) is 4.73 Å². The number of hydrogen-bond acceptors (Lipinski definition) is 7. The highest BCUT2D eigenvalue weighted by Crippen LogP contribution is 2.27. The molecule has 1 amide bonds. The molecule has 10 heteroatoms. The van der Waals surface area contributed by atoms with Gasteiger partial charge in [0.05, 0.1) is 16.6 Å². The number of nitrogens with one attached hydrogen (secondary N) is 1. The fourth-order valence-electron chi connectivity index (χ4n) is 2.58. The van der Waals surface area contributed by atoms with Gasteiger partial charge in [0.1, 0.15) is 5.52 Å². The molecule has 0 aliphatic carbocycles. The Kier molecular flexibility index (Phi) is 3.77. The second kappa shape index (κ2) is 6.26. The van der Waals surface area contributed by atoms with Crippen LogP contribution in [0.1, 0.15) is 10.6 Å². The Labute approximate surface area is 150 Å². The fourth-order valence-corrected chi connectivity index (χ4v) is 2.58. The Bertz CT molecular complexity index is 1150. The number of nitro groups is 1. The molecule has 10 nitrogen and oxygen atoms in total. The van der Waals surface area contributed by atoms with Gasteiger partial charge in [0.25, 0.3) is 11.6 Å². The Morgan fingerprint density at radius 3 is 2.63 bits per heavy atom. The van der Waals surface area contributed by atoms with Gasteiger partial charge in [-0.2, -0.15) is 4.73 Å². The summed E-state index contributed by atoms with van der Waals surface area (Å²) < 4.78 is 5.58. The largest absolute Gasteiger partial charge is 0.426 e. The Morgan fingerprint density at radius 2 is 1.96 bits per heavy atom. The smallest absolute Gasteiger partial charge is 0.294 e. The number of imidazole rings is 1. The van der Waals surface area contributed by atoms with Gasteiger partial charge in [0.2, 0.25) is 5.76 Å². The highest BCUT2D eigenvalue weighted by molar-refractivity contribution is 6.02. The van der Waals surface area contributed by atoms with Gasteiger partial charge >= 0.3 is 0 Å². The van der Waals surface area contributed by atoms with E-state index in [9.17, 15) is 20.1 Å². The molecule has 0 aliphatic rings. The van der Waals surface area contributed by atoms with E-state index in [4.69, 9.17) is 4.52 Å². The van der Waals surface area contributed by atoms with Gasteiger partial charge in [-0.1, -0.05) is 5.16 Å². The van der Waals surface area contributed by atoms with Crippen LogP contribution in [0.5, 0.6) is 0 Å². The van der Waals surface area contributed by atoms with Crippen LogP contribution in [0.4, 0.5) is 11.4 Å². The van der Waals surface area contributed by atoms with E-state index in [1.54, 1.807) is 24.3 Å². The molecule has 0 spiro atoms. The third kappa shape index (κ3) is 2.95. The number of carbonyl (C=O) groups is 1. The number of carbonyl (C=O) groups excluding carboxylic acids is 1. The second-order valence-corrected chi connectivity index (χ2v) is 5.59. The summed E-state index contributed by atoms with van der Waals surface area (Å²) in [5.74, 6) is -0.140. The van der Waals surface area contributed by atoms with Gasteiger partial charge < -0.3 is 15.0 Å². The van der Waals surface area contributed by atoms with E-state index in [2.05, 4.69) is 15.5 Å². The number of amides is 1. The molecule has 0 bridgehead atoms. The van der Waals surface area contributed by atoms with Crippen molar-refractivity contribution in [1.82, 2.24) is 14.9 Å². The zero-order valence-corrected chi connectivity index (χ0v) is 13.6. The highest BCUT2D eigenvalue weighted by Gasteiger charge is 2.16. The van der Waals surface area contributed by atoms with Crippen molar-refractivity contribution in [3.05, 3.63) is 70.6 Å². The average molecular weight is 365 g/mol. The number of fused-ring (bicyclic) bond motifs is 1. The number of benzene rings is 2. The van der Waals surface area contributed by atoms with Gasteiger partial charge in [0, 0.05) is 29.4 Å². The first-order chi connectivity index (χ1) is 13.0. The number of anilines is 1. The molecule has 0 aliphatic heterocycles. The maximum Gasteiger partial charge on any atom is 0.294 e. The fraction of sp³-hybridized carbons (Fsp3) is 0. The molecular formula is C17H11N5O5. The van der Waals surface area contributed by atoms with Crippen LogP contribution in [-0.4, -0.2) is 30.9 Å². The van der Waals surface area contributed by atoms with Crippen LogP contribution in [0.2, 0.25) is 0 Å². The first kappa shape index (κ1) is 16.3. The summed E-state index contributed by atoms with van der Waals surface area (Å²) in [5.41, 5.74) is 1.57. The monoisotopic (exact) mass is 365 g/mol. The Hall–Kier alpha value is -4.21. The molecule has 2 N–H and O–H groups in total. The molecule has 0 saturated heterocycles. The lowest BCUT2D eigenvalue weighted by molar-refractivity contribution is -0.384. The summed E-state index contributed by atoms with van der Waals surface area (Å²) in [6.07, 6.45) is 1.37. The molecule has 134 valence electrons. The Balaban J connectivity index is 1.63. The van der Waals surface area contributed by atoms with Crippen molar-refractivity contribution < 1.29 is 19.4 Å². The summed E-state index contributed by atoms with van der Waals surface area (Å²) in [5, 5.41) is 27.3. The van der Waals surface area contributed by atoms with Crippen molar-refractivity contribution in [1.29, 1.82) is 0 Å². The van der Waals surface area contributed by atoms with Crippen LogP contribution in [0.15, 0.2) is 59.3 Å². The van der Waals surface area contributed by atoms with Gasteiger partial charge in [-0.05, 0) is 30.3 Å². The highest BCUT2D eigenvalue weighted by atomic mass is 16.6. The third-order valence-corrected chi connectivity index (χ3v) is 3.89. The zero-order valence-electron chi connectivity index (χ0n) is 13.6. The average Bonchev–Trinajstić information content (AvgIpc) is 3.31. The minimum Gasteiger partial charge on any atom is -0.426 e. The first-order valence-corrected chi connectivity index (χ1v) is 7.71. The van der Waals surface area contributed by atoms with Crippen LogP contribution in [-0.2, 0) is 0 Å². The topological polar surface area (TPSA) is 136 Å². The number of hydrogen-bond donors (Lipinski definition) is 2. The number of nitro benzene ring substituents is 1. The molecule has 27 heavy (non-hydrogen) atoms. The van der Waals surface area contributed by atoms with Gasteiger partial charge in [-0.25, -0.2) is 4.98 Å². The van der Waals surface area contributed by atoms with Crippen molar-refractivity contribution in [3.8, 4) is 11.4 Å². The van der Waals surface area contributed by atoms with Gasteiger partial charge in [0.15, 0.2) is 5.82 Å². The maximum absolute atomic E-state index is 11.9. The lowest BCUT2D eigenvalue weighted by atomic mass is 10.2. The molecular weight excluding hydrogens is 354 g/mol. The molecule has 0 radical (unpaired) electrons. The van der Waals surface area contributed by atoms with E-state index in [1.165, 1.54) is 30.5 Å². The number of rotatable bonds is 4. The number of non-ortho nitro benzene ring substituents is 1. The lowest BCUT2D eigenvalue weighted by Crippen LogP contribution is -2.10. The molecule has 4 rings (SSSR count). The summed E-state index contributed by atoms with van der Waals surface area (Å²) in [4.78, 5) is 26.6. The molecule has 2 heterocycles. The molecule has 0 fully saturated rings. The molecule has 2 aromatic carbocycles. The van der Waals surface area contributed by atoms with E-state index < -0.39 is 10.8 Å². The van der Waals surface area contributed by atoms with E-state index in [-0.39, 0.29) is 22.8 Å². The molecule has 0 saturated carbocycles. The predicted octanol–water partition coefficient (Wildman–Crippen LogP) is 3.09. The van der Waals surface area contributed by atoms with E-state index in [1.807, 2.05) is 0 Å². The number of nitrogens with zero attached hydrogens (tertiary/aromatic N) is 4. The Morgan fingerprint density at radius 1 is 1.19 bits per heavy atom. The number of aromatic nitrogens is 3. The molecule has 0 unspecified atom stereocenters. The summed E-state index contributed by atoms with van der Waals surface area (Å²) in [7, 11) is 0.